The fourth-order valence-electron chi connectivity index (χ4n) is 1.54. The second kappa shape index (κ2) is 7.04. The van der Waals surface area contributed by atoms with Crippen LogP contribution in [0.5, 0.6) is 0 Å². The van der Waals surface area contributed by atoms with Crippen molar-refractivity contribution < 1.29 is 9.59 Å². The van der Waals surface area contributed by atoms with E-state index in [4.69, 9.17) is 11.6 Å². The number of likely N-dealkylation sites (N-methyl/N-ethyl adjacent to an activating group) is 1. The van der Waals surface area contributed by atoms with Gasteiger partial charge in [0.15, 0.2) is 0 Å². The van der Waals surface area contributed by atoms with Gasteiger partial charge in [-0.25, -0.2) is 9.97 Å². The molecule has 1 heterocycles. The largest absolute Gasteiger partial charge is 0.357 e. The second-order valence-electron chi connectivity index (χ2n) is 4.49. The third-order valence-electron chi connectivity index (χ3n) is 2.43. The molecule has 7 heteroatoms. The first-order valence-corrected chi connectivity index (χ1v) is 6.31. The van der Waals surface area contributed by atoms with Gasteiger partial charge in [0.2, 0.25) is 5.91 Å². The minimum atomic E-state index is -0.588. The van der Waals surface area contributed by atoms with Crippen molar-refractivity contribution in [3.05, 3.63) is 23.2 Å². The summed E-state index contributed by atoms with van der Waals surface area (Å²) in [6.07, 6.45) is 3.11. The van der Waals surface area contributed by atoms with Crippen LogP contribution in [0.4, 0.5) is 0 Å². The minimum absolute atomic E-state index is 0.127. The molecule has 1 aromatic heterocycles. The molecule has 0 radical (unpaired) electrons. The van der Waals surface area contributed by atoms with E-state index in [-0.39, 0.29) is 22.7 Å². The normalized spacial score (nSPS) is 12.1. The van der Waals surface area contributed by atoms with Crippen LogP contribution in [-0.2, 0) is 4.79 Å². The molecule has 0 saturated carbocycles. The van der Waals surface area contributed by atoms with Crippen LogP contribution < -0.4 is 10.6 Å². The number of carbonyl (C=O) groups is 2. The van der Waals surface area contributed by atoms with E-state index in [1.807, 2.05) is 13.8 Å². The van der Waals surface area contributed by atoms with Crippen molar-refractivity contribution in [2.45, 2.75) is 26.3 Å². The SMILES string of the molecule is CNC(=O)C(CC(C)C)NC(=O)c1cnc(Cl)cn1. The quantitative estimate of drug-likeness (QED) is 0.845. The van der Waals surface area contributed by atoms with E-state index >= 15 is 0 Å². The maximum atomic E-state index is 11.9. The molecule has 2 N–H and O–H groups in total. The van der Waals surface area contributed by atoms with Crippen molar-refractivity contribution in [1.29, 1.82) is 0 Å². The Hall–Kier alpha value is -1.69. The van der Waals surface area contributed by atoms with E-state index in [0.29, 0.717) is 6.42 Å². The van der Waals surface area contributed by atoms with Gasteiger partial charge in [0.25, 0.3) is 5.91 Å². The molecule has 104 valence electrons. The highest BCUT2D eigenvalue weighted by atomic mass is 35.5. The van der Waals surface area contributed by atoms with Crippen molar-refractivity contribution in [2.24, 2.45) is 5.92 Å². The van der Waals surface area contributed by atoms with Gasteiger partial charge in [0.05, 0.1) is 12.4 Å². The highest BCUT2D eigenvalue weighted by Crippen LogP contribution is 2.06. The average molecular weight is 285 g/mol. The monoisotopic (exact) mass is 284 g/mol. The molecule has 0 aliphatic heterocycles. The minimum Gasteiger partial charge on any atom is -0.357 e. The number of nitrogens with one attached hydrogen (secondary N) is 2. The Bertz CT molecular complexity index is 448. The lowest BCUT2D eigenvalue weighted by Gasteiger charge is -2.18. The van der Waals surface area contributed by atoms with Gasteiger partial charge in [0.1, 0.15) is 16.9 Å². The summed E-state index contributed by atoms with van der Waals surface area (Å²) in [5.41, 5.74) is 0.127. The molecule has 6 nitrogen and oxygen atoms in total. The third-order valence-corrected chi connectivity index (χ3v) is 2.62. The molecule has 1 aromatic rings. The molecule has 0 bridgehead atoms. The Kier molecular flexibility index (Phi) is 5.69. The molecular formula is C12H17ClN4O2. The van der Waals surface area contributed by atoms with Crippen LogP contribution in [0, 0.1) is 5.92 Å². The molecule has 19 heavy (non-hydrogen) atoms. The lowest BCUT2D eigenvalue weighted by atomic mass is 10.0. The van der Waals surface area contributed by atoms with E-state index < -0.39 is 11.9 Å². The molecule has 0 fully saturated rings. The smallest absolute Gasteiger partial charge is 0.272 e. The van der Waals surface area contributed by atoms with E-state index in [2.05, 4.69) is 20.6 Å². The number of rotatable bonds is 5. The number of hydrogen-bond donors (Lipinski definition) is 2. The zero-order valence-electron chi connectivity index (χ0n) is 11.1. The summed E-state index contributed by atoms with van der Waals surface area (Å²) in [4.78, 5) is 31.2. The van der Waals surface area contributed by atoms with Crippen molar-refractivity contribution in [1.82, 2.24) is 20.6 Å². The first kappa shape index (κ1) is 15.4. The van der Waals surface area contributed by atoms with Crippen LogP contribution in [-0.4, -0.2) is 34.9 Å². The Morgan fingerprint density at radius 2 is 2.00 bits per heavy atom. The van der Waals surface area contributed by atoms with Crippen molar-refractivity contribution in [2.75, 3.05) is 7.05 Å². The van der Waals surface area contributed by atoms with Crippen LogP contribution in [0.25, 0.3) is 0 Å². The van der Waals surface area contributed by atoms with Gasteiger partial charge in [0, 0.05) is 7.05 Å². The molecule has 2 amide bonds. The van der Waals surface area contributed by atoms with Crippen LogP contribution in [0.1, 0.15) is 30.8 Å². The van der Waals surface area contributed by atoms with E-state index in [1.54, 1.807) is 0 Å². The molecule has 0 aliphatic carbocycles. The van der Waals surface area contributed by atoms with Crippen LogP contribution in [0.3, 0.4) is 0 Å². The Labute approximate surface area is 117 Å². The zero-order valence-corrected chi connectivity index (χ0v) is 11.9. The highest BCUT2D eigenvalue weighted by Gasteiger charge is 2.22. The van der Waals surface area contributed by atoms with Crippen LogP contribution in [0.15, 0.2) is 12.4 Å². The summed E-state index contributed by atoms with van der Waals surface area (Å²) in [7, 11) is 1.53. The summed E-state index contributed by atoms with van der Waals surface area (Å²) < 4.78 is 0. The molecule has 0 aliphatic rings. The molecule has 1 rings (SSSR count). The third kappa shape index (κ3) is 4.82. The lowest BCUT2D eigenvalue weighted by Crippen LogP contribution is -2.46. The molecule has 0 aromatic carbocycles. The molecule has 1 unspecified atom stereocenters. The Morgan fingerprint density at radius 1 is 1.32 bits per heavy atom. The Balaban J connectivity index is 2.75. The maximum absolute atomic E-state index is 11.9. The predicted molar refractivity (Wildman–Crippen MR) is 71.8 cm³/mol. The number of hydrogen-bond acceptors (Lipinski definition) is 4. The standard InChI is InChI=1S/C12H17ClN4O2/c1-7(2)4-8(11(18)14-3)17-12(19)9-5-16-10(13)6-15-9/h5-8H,4H2,1-3H3,(H,14,18)(H,17,19). The fourth-order valence-corrected chi connectivity index (χ4v) is 1.64. The van der Waals surface area contributed by atoms with E-state index in [9.17, 15) is 9.59 Å². The summed E-state index contributed by atoms with van der Waals surface area (Å²) in [6.45, 7) is 3.95. The van der Waals surface area contributed by atoms with Crippen LogP contribution in [0.2, 0.25) is 5.15 Å². The van der Waals surface area contributed by atoms with Gasteiger partial charge in [-0.1, -0.05) is 25.4 Å². The predicted octanol–water partition coefficient (Wildman–Crippen LogP) is 1.02. The second-order valence-corrected chi connectivity index (χ2v) is 4.88. The molecular weight excluding hydrogens is 268 g/mol. The molecule has 1 atom stereocenters. The Morgan fingerprint density at radius 3 is 2.47 bits per heavy atom. The van der Waals surface area contributed by atoms with Gasteiger partial charge in [-0.3, -0.25) is 9.59 Å². The highest BCUT2D eigenvalue weighted by molar-refractivity contribution is 6.29. The van der Waals surface area contributed by atoms with Gasteiger partial charge in [-0.15, -0.1) is 0 Å². The van der Waals surface area contributed by atoms with Gasteiger partial charge in [-0.05, 0) is 12.3 Å². The summed E-state index contributed by atoms with van der Waals surface area (Å²) in [5.74, 6) is -0.402. The van der Waals surface area contributed by atoms with E-state index in [0.717, 1.165) is 0 Å². The first-order chi connectivity index (χ1) is 8.93. The van der Waals surface area contributed by atoms with Crippen LogP contribution >= 0.6 is 11.6 Å². The maximum Gasteiger partial charge on any atom is 0.272 e. The number of amides is 2. The topological polar surface area (TPSA) is 84.0 Å². The number of carbonyl (C=O) groups excluding carboxylic acids is 2. The first-order valence-electron chi connectivity index (χ1n) is 5.94. The summed E-state index contributed by atoms with van der Waals surface area (Å²) in [6, 6.07) is -0.588. The summed E-state index contributed by atoms with van der Waals surface area (Å²) >= 11 is 5.59. The van der Waals surface area contributed by atoms with Crippen molar-refractivity contribution in [3.8, 4) is 0 Å². The fraction of sp³-hybridized carbons (Fsp3) is 0.500. The average Bonchev–Trinajstić information content (AvgIpc) is 2.37. The van der Waals surface area contributed by atoms with Gasteiger partial charge >= 0.3 is 0 Å². The molecule has 0 spiro atoms. The van der Waals surface area contributed by atoms with Gasteiger partial charge in [-0.2, -0.15) is 0 Å². The number of aromatic nitrogens is 2. The van der Waals surface area contributed by atoms with Gasteiger partial charge < -0.3 is 10.6 Å². The number of nitrogens with zero attached hydrogens (tertiary/aromatic N) is 2. The number of halogens is 1. The van der Waals surface area contributed by atoms with Crippen molar-refractivity contribution in [3.63, 3.8) is 0 Å². The lowest BCUT2D eigenvalue weighted by molar-refractivity contribution is -0.122. The zero-order chi connectivity index (χ0) is 14.4. The van der Waals surface area contributed by atoms with E-state index in [1.165, 1.54) is 19.4 Å². The molecule has 0 saturated heterocycles. The van der Waals surface area contributed by atoms with Crippen molar-refractivity contribution >= 4 is 23.4 Å². The summed E-state index contributed by atoms with van der Waals surface area (Å²) in [5, 5.41) is 5.37.